The zero-order valence-electron chi connectivity index (χ0n) is 12.4. The second-order valence-corrected chi connectivity index (χ2v) is 4.49. The minimum absolute atomic E-state index is 0.375. The molecule has 0 aliphatic rings. The van der Waals surface area contributed by atoms with Crippen LogP contribution in [0.2, 0.25) is 0 Å². The van der Waals surface area contributed by atoms with Gasteiger partial charge in [0, 0.05) is 30.4 Å². The number of pyridine rings is 1. The SMILES string of the molecule is COc1cc(OC)c(C(O)Cc2ccccn2)c(OC)c1. The van der Waals surface area contributed by atoms with Gasteiger partial charge in [-0.1, -0.05) is 6.07 Å². The summed E-state index contributed by atoms with van der Waals surface area (Å²) >= 11 is 0. The topological polar surface area (TPSA) is 60.8 Å². The Morgan fingerprint density at radius 2 is 1.71 bits per heavy atom. The molecule has 0 bridgehead atoms. The van der Waals surface area contributed by atoms with E-state index in [2.05, 4.69) is 4.98 Å². The molecule has 1 heterocycles. The van der Waals surface area contributed by atoms with E-state index in [0.717, 1.165) is 5.69 Å². The Balaban J connectivity index is 2.36. The average Bonchev–Trinajstić information content (AvgIpc) is 2.54. The first-order chi connectivity index (χ1) is 10.2. The third-order valence-electron chi connectivity index (χ3n) is 3.22. The van der Waals surface area contributed by atoms with Crippen LogP contribution in [-0.2, 0) is 6.42 Å². The summed E-state index contributed by atoms with van der Waals surface area (Å²) in [5, 5.41) is 10.5. The summed E-state index contributed by atoms with van der Waals surface area (Å²) < 4.78 is 15.9. The predicted molar refractivity (Wildman–Crippen MR) is 79.0 cm³/mol. The Bertz CT molecular complexity index is 561. The van der Waals surface area contributed by atoms with E-state index in [1.807, 2.05) is 18.2 Å². The van der Waals surface area contributed by atoms with Crippen LogP contribution in [0.4, 0.5) is 0 Å². The van der Waals surface area contributed by atoms with Gasteiger partial charge < -0.3 is 19.3 Å². The fourth-order valence-corrected chi connectivity index (χ4v) is 2.18. The monoisotopic (exact) mass is 289 g/mol. The standard InChI is InChI=1S/C16H19NO4/c1-19-12-9-14(20-2)16(15(10-12)21-3)13(18)8-11-6-4-5-7-17-11/h4-7,9-10,13,18H,8H2,1-3H3. The van der Waals surface area contributed by atoms with Gasteiger partial charge in [-0.15, -0.1) is 0 Å². The van der Waals surface area contributed by atoms with Gasteiger partial charge in [-0.3, -0.25) is 4.98 Å². The van der Waals surface area contributed by atoms with Gasteiger partial charge in [0.25, 0.3) is 0 Å². The molecule has 0 radical (unpaired) electrons. The number of hydrogen-bond donors (Lipinski definition) is 1. The highest BCUT2D eigenvalue weighted by atomic mass is 16.5. The van der Waals surface area contributed by atoms with Crippen LogP contribution in [0.5, 0.6) is 17.2 Å². The number of nitrogens with zero attached hydrogens (tertiary/aromatic N) is 1. The molecule has 112 valence electrons. The Hall–Kier alpha value is -2.27. The summed E-state index contributed by atoms with van der Waals surface area (Å²) in [5.41, 5.74) is 1.39. The molecule has 1 N–H and O–H groups in total. The second kappa shape index (κ2) is 6.95. The molecule has 0 fully saturated rings. The van der Waals surface area contributed by atoms with Gasteiger partial charge in [0.1, 0.15) is 17.2 Å². The van der Waals surface area contributed by atoms with Gasteiger partial charge in [0.2, 0.25) is 0 Å². The van der Waals surface area contributed by atoms with Crippen LogP contribution in [0.25, 0.3) is 0 Å². The molecule has 0 saturated heterocycles. The second-order valence-electron chi connectivity index (χ2n) is 4.49. The average molecular weight is 289 g/mol. The Kier molecular flexibility index (Phi) is 5.00. The van der Waals surface area contributed by atoms with Crippen molar-refractivity contribution in [3.05, 3.63) is 47.8 Å². The van der Waals surface area contributed by atoms with E-state index in [0.29, 0.717) is 29.2 Å². The molecule has 1 atom stereocenters. The van der Waals surface area contributed by atoms with Gasteiger partial charge in [-0.2, -0.15) is 0 Å². The highest BCUT2D eigenvalue weighted by Gasteiger charge is 2.21. The van der Waals surface area contributed by atoms with E-state index < -0.39 is 6.10 Å². The van der Waals surface area contributed by atoms with Gasteiger partial charge in [-0.25, -0.2) is 0 Å². The predicted octanol–water partition coefficient (Wildman–Crippen LogP) is 2.38. The van der Waals surface area contributed by atoms with Crippen molar-refractivity contribution in [1.82, 2.24) is 4.98 Å². The molecule has 0 amide bonds. The minimum Gasteiger partial charge on any atom is -0.496 e. The van der Waals surface area contributed by atoms with E-state index in [4.69, 9.17) is 14.2 Å². The first kappa shape index (κ1) is 15.1. The fourth-order valence-electron chi connectivity index (χ4n) is 2.18. The van der Waals surface area contributed by atoms with E-state index in [1.54, 1.807) is 39.7 Å². The highest BCUT2D eigenvalue weighted by molar-refractivity contribution is 5.52. The van der Waals surface area contributed by atoms with Gasteiger partial charge >= 0.3 is 0 Å². The van der Waals surface area contributed by atoms with Crippen LogP contribution >= 0.6 is 0 Å². The van der Waals surface area contributed by atoms with Crippen molar-refractivity contribution < 1.29 is 19.3 Å². The van der Waals surface area contributed by atoms with Crippen LogP contribution in [0.15, 0.2) is 36.5 Å². The maximum absolute atomic E-state index is 10.5. The fraction of sp³-hybridized carbons (Fsp3) is 0.312. The van der Waals surface area contributed by atoms with Crippen LogP contribution in [0.1, 0.15) is 17.4 Å². The molecule has 0 spiro atoms. The van der Waals surface area contributed by atoms with E-state index >= 15 is 0 Å². The lowest BCUT2D eigenvalue weighted by Crippen LogP contribution is -2.07. The third-order valence-corrected chi connectivity index (χ3v) is 3.22. The van der Waals surface area contributed by atoms with Gasteiger partial charge in [-0.05, 0) is 12.1 Å². The molecule has 0 saturated carbocycles. The van der Waals surface area contributed by atoms with Crippen LogP contribution in [-0.4, -0.2) is 31.4 Å². The number of methoxy groups -OCH3 is 3. The number of aromatic nitrogens is 1. The molecule has 0 aliphatic carbocycles. The van der Waals surface area contributed by atoms with Crippen LogP contribution in [0, 0.1) is 0 Å². The number of hydrogen-bond acceptors (Lipinski definition) is 5. The molecule has 0 aliphatic heterocycles. The van der Waals surface area contributed by atoms with Gasteiger partial charge in [0.15, 0.2) is 0 Å². The zero-order chi connectivity index (χ0) is 15.2. The first-order valence-corrected chi connectivity index (χ1v) is 6.57. The van der Waals surface area contributed by atoms with Crippen molar-refractivity contribution >= 4 is 0 Å². The summed E-state index contributed by atoms with van der Waals surface area (Å²) in [7, 11) is 4.66. The zero-order valence-corrected chi connectivity index (χ0v) is 12.4. The summed E-state index contributed by atoms with van der Waals surface area (Å²) in [4.78, 5) is 4.22. The molecule has 1 aromatic carbocycles. The van der Waals surface area contributed by atoms with Crippen LogP contribution in [0.3, 0.4) is 0 Å². The number of aliphatic hydroxyl groups is 1. The molecule has 1 aromatic heterocycles. The van der Waals surface area contributed by atoms with Crippen molar-refractivity contribution in [1.29, 1.82) is 0 Å². The lowest BCUT2D eigenvalue weighted by molar-refractivity contribution is 0.168. The number of rotatable bonds is 6. The third kappa shape index (κ3) is 3.44. The van der Waals surface area contributed by atoms with Crippen molar-refractivity contribution in [3.8, 4) is 17.2 Å². The lowest BCUT2D eigenvalue weighted by Gasteiger charge is -2.19. The van der Waals surface area contributed by atoms with Crippen LogP contribution < -0.4 is 14.2 Å². The van der Waals surface area contributed by atoms with E-state index in [1.165, 1.54) is 0 Å². The maximum atomic E-state index is 10.5. The molecule has 2 rings (SSSR count). The number of ether oxygens (including phenoxy) is 3. The summed E-state index contributed by atoms with van der Waals surface area (Å²) in [6, 6.07) is 9.03. The molecule has 5 heteroatoms. The quantitative estimate of drug-likeness (QED) is 0.884. The Labute approximate surface area is 124 Å². The first-order valence-electron chi connectivity index (χ1n) is 6.57. The van der Waals surface area contributed by atoms with E-state index in [9.17, 15) is 5.11 Å². The number of aliphatic hydroxyl groups excluding tert-OH is 1. The van der Waals surface area contributed by atoms with Crippen molar-refractivity contribution in [2.24, 2.45) is 0 Å². The minimum atomic E-state index is -0.782. The molecule has 21 heavy (non-hydrogen) atoms. The number of benzene rings is 1. The molecule has 5 nitrogen and oxygen atoms in total. The van der Waals surface area contributed by atoms with E-state index in [-0.39, 0.29) is 0 Å². The molecular weight excluding hydrogens is 270 g/mol. The van der Waals surface area contributed by atoms with Crippen molar-refractivity contribution in [3.63, 3.8) is 0 Å². The molecule has 1 unspecified atom stereocenters. The molecular formula is C16H19NO4. The largest absolute Gasteiger partial charge is 0.496 e. The molecule has 2 aromatic rings. The van der Waals surface area contributed by atoms with Crippen molar-refractivity contribution in [2.75, 3.05) is 21.3 Å². The Morgan fingerprint density at radius 3 is 2.19 bits per heavy atom. The smallest absolute Gasteiger partial charge is 0.132 e. The normalized spacial score (nSPS) is 11.8. The Morgan fingerprint density at radius 1 is 1.05 bits per heavy atom. The summed E-state index contributed by atoms with van der Waals surface area (Å²) in [6.07, 6.45) is 1.29. The summed E-state index contributed by atoms with van der Waals surface area (Å²) in [6.45, 7) is 0. The van der Waals surface area contributed by atoms with Crippen molar-refractivity contribution in [2.45, 2.75) is 12.5 Å². The highest BCUT2D eigenvalue weighted by Crippen LogP contribution is 2.39. The maximum Gasteiger partial charge on any atom is 0.132 e. The lowest BCUT2D eigenvalue weighted by atomic mass is 10.0. The van der Waals surface area contributed by atoms with Gasteiger partial charge in [0.05, 0.1) is 33.0 Å². The summed E-state index contributed by atoms with van der Waals surface area (Å²) in [5.74, 6) is 1.65.